The van der Waals surface area contributed by atoms with Gasteiger partial charge < -0.3 is 15.0 Å². The van der Waals surface area contributed by atoms with Crippen molar-refractivity contribution in [1.29, 1.82) is 0 Å². The van der Waals surface area contributed by atoms with Gasteiger partial charge in [0.1, 0.15) is 18.3 Å². The molecule has 0 aliphatic heterocycles. The maximum absolute atomic E-state index is 14.1. The number of amides is 2. The van der Waals surface area contributed by atoms with Crippen LogP contribution in [0.3, 0.4) is 0 Å². The fourth-order valence-electron chi connectivity index (χ4n) is 4.43. The molecule has 0 spiro atoms. The van der Waals surface area contributed by atoms with Gasteiger partial charge in [0.2, 0.25) is 11.8 Å². The van der Waals surface area contributed by atoms with Gasteiger partial charge in [-0.2, -0.15) is 0 Å². The van der Waals surface area contributed by atoms with E-state index >= 15 is 0 Å². The number of hydrogen-bond donors (Lipinski definition) is 1. The van der Waals surface area contributed by atoms with Crippen molar-refractivity contribution in [3.8, 4) is 5.75 Å². The Morgan fingerprint density at radius 2 is 1.46 bits per heavy atom. The van der Waals surface area contributed by atoms with Crippen LogP contribution in [0, 0.1) is 0 Å². The molecular weight excluding hydrogens is 538 g/mol. The van der Waals surface area contributed by atoms with Crippen molar-refractivity contribution in [2.45, 2.75) is 70.5 Å². The second-order valence-corrected chi connectivity index (χ2v) is 11.8. The Labute approximate surface area is 244 Å². The first kappa shape index (κ1) is 31.7. The zero-order valence-corrected chi connectivity index (χ0v) is 25.4. The number of benzene rings is 3. The average Bonchev–Trinajstić information content (AvgIpc) is 3.00. The summed E-state index contributed by atoms with van der Waals surface area (Å²) in [4.78, 5) is 29.1. The molecule has 0 aliphatic carbocycles. The lowest BCUT2D eigenvalue weighted by atomic mass is 10.1. The van der Waals surface area contributed by atoms with E-state index in [1.807, 2.05) is 52.0 Å². The van der Waals surface area contributed by atoms with Crippen molar-refractivity contribution in [1.82, 2.24) is 10.2 Å². The number of nitrogens with zero attached hydrogens (tertiary/aromatic N) is 2. The van der Waals surface area contributed by atoms with Crippen LogP contribution >= 0.6 is 0 Å². The number of hydrogen-bond acceptors (Lipinski definition) is 5. The topological polar surface area (TPSA) is 96.0 Å². The Hall–Kier alpha value is -3.85. The van der Waals surface area contributed by atoms with E-state index in [1.165, 1.54) is 17.0 Å². The maximum atomic E-state index is 14.1. The third-order valence-corrected chi connectivity index (χ3v) is 8.93. The Morgan fingerprint density at radius 3 is 2.00 bits per heavy atom. The Bertz CT molecular complexity index is 1380. The summed E-state index contributed by atoms with van der Waals surface area (Å²) in [6.07, 6.45) is 1.90. The second-order valence-electron chi connectivity index (χ2n) is 9.96. The zero-order valence-electron chi connectivity index (χ0n) is 24.5. The first-order valence-electron chi connectivity index (χ1n) is 14.0. The lowest BCUT2D eigenvalue weighted by molar-refractivity contribution is -0.140. The van der Waals surface area contributed by atoms with E-state index in [-0.39, 0.29) is 23.4 Å². The molecule has 0 saturated heterocycles. The maximum Gasteiger partial charge on any atom is 0.264 e. The molecule has 0 aliphatic rings. The molecule has 3 aromatic rings. The summed E-state index contributed by atoms with van der Waals surface area (Å²) in [5.74, 6) is -0.0802. The predicted octanol–water partition coefficient (Wildman–Crippen LogP) is 5.18. The van der Waals surface area contributed by atoms with E-state index < -0.39 is 28.5 Å². The van der Waals surface area contributed by atoms with Crippen molar-refractivity contribution in [3.63, 3.8) is 0 Å². The second kappa shape index (κ2) is 14.7. The number of carbonyl (C=O) groups is 2. The molecule has 0 aromatic heterocycles. The minimum Gasteiger partial charge on any atom is -0.497 e. The highest BCUT2D eigenvalue weighted by Gasteiger charge is 2.34. The molecule has 0 radical (unpaired) electrons. The molecule has 0 fully saturated rings. The van der Waals surface area contributed by atoms with Crippen molar-refractivity contribution >= 4 is 27.5 Å². The fourth-order valence-corrected chi connectivity index (χ4v) is 5.87. The van der Waals surface area contributed by atoms with Gasteiger partial charge in [-0.3, -0.25) is 13.9 Å². The van der Waals surface area contributed by atoms with E-state index in [0.717, 1.165) is 28.3 Å². The normalized spacial score (nSPS) is 12.7. The van der Waals surface area contributed by atoms with Crippen LogP contribution in [-0.4, -0.2) is 50.9 Å². The molecule has 0 bridgehead atoms. The number of aryl methyl sites for hydroxylation is 1. The summed E-state index contributed by atoms with van der Waals surface area (Å²) in [6.45, 7) is 7.41. The molecule has 1 N–H and O–H groups in total. The molecule has 3 rings (SSSR count). The van der Waals surface area contributed by atoms with Crippen LogP contribution in [0.2, 0.25) is 0 Å². The van der Waals surface area contributed by atoms with Crippen LogP contribution in [-0.2, 0) is 32.6 Å². The number of rotatable bonds is 14. The average molecular weight is 580 g/mol. The molecule has 8 nitrogen and oxygen atoms in total. The van der Waals surface area contributed by atoms with Gasteiger partial charge in [-0.25, -0.2) is 8.42 Å². The number of ether oxygens (including phenoxy) is 1. The molecule has 0 saturated carbocycles. The highest BCUT2D eigenvalue weighted by molar-refractivity contribution is 7.92. The molecular formula is C32H41N3O5S. The van der Waals surface area contributed by atoms with Crippen LogP contribution in [0.25, 0.3) is 0 Å². The third-order valence-electron chi connectivity index (χ3n) is 7.14. The van der Waals surface area contributed by atoms with Gasteiger partial charge in [0.25, 0.3) is 10.0 Å². The van der Waals surface area contributed by atoms with Crippen LogP contribution in [0.4, 0.5) is 5.69 Å². The summed E-state index contributed by atoms with van der Waals surface area (Å²) >= 11 is 0. The van der Waals surface area contributed by atoms with E-state index in [1.54, 1.807) is 49.6 Å². The van der Waals surface area contributed by atoms with Crippen molar-refractivity contribution in [3.05, 3.63) is 90.0 Å². The minimum absolute atomic E-state index is 0.0680. The molecule has 3 aromatic carbocycles. The van der Waals surface area contributed by atoms with Crippen LogP contribution in [0.15, 0.2) is 83.8 Å². The Morgan fingerprint density at radius 1 is 0.854 bits per heavy atom. The van der Waals surface area contributed by atoms with Gasteiger partial charge >= 0.3 is 0 Å². The van der Waals surface area contributed by atoms with Crippen molar-refractivity contribution in [2.75, 3.05) is 18.0 Å². The highest BCUT2D eigenvalue weighted by Crippen LogP contribution is 2.25. The molecule has 220 valence electrons. The highest BCUT2D eigenvalue weighted by atomic mass is 32.2. The fraction of sp³-hybridized carbons (Fsp3) is 0.375. The van der Waals surface area contributed by atoms with Gasteiger partial charge in [-0.1, -0.05) is 63.2 Å². The summed E-state index contributed by atoms with van der Waals surface area (Å²) in [5, 5.41) is 2.99. The van der Waals surface area contributed by atoms with Crippen LogP contribution in [0.1, 0.15) is 51.7 Å². The molecule has 41 heavy (non-hydrogen) atoms. The summed E-state index contributed by atoms with van der Waals surface area (Å²) in [7, 11) is -2.52. The predicted molar refractivity (Wildman–Crippen MR) is 162 cm³/mol. The molecule has 9 heteroatoms. The number of carbonyl (C=O) groups excluding carboxylic acids is 2. The van der Waals surface area contributed by atoms with Gasteiger partial charge in [0.05, 0.1) is 17.7 Å². The number of methoxy groups -OCH3 is 1. The van der Waals surface area contributed by atoms with Gasteiger partial charge in [0, 0.05) is 12.6 Å². The lowest BCUT2D eigenvalue weighted by Crippen LogP contribution is -2.53. The van der Waals surface area contributed by atoms with Crippen molar-refractivity contribution < 1.29 is 22.7 Å². The largest absolute Gasteiger partial charge is 0.497 e. The monoisotopic (exact) mass is 579 g/mol. The zero-order chi connectivity index (χ0) is 30.0. The van der Waals surface area contributed by atoms with Crippen LogP contribution in [0.5, 0.6) is 5.75 Å². The lowest BCUT2D eigenvalue weighted by Gasteiger charge is -2.33. The molecule has 2 amide bonds. The first-order chi connectivity index (χ1) is 19.6. The summed E-state index contributed by atoms with van der Waals surface area (Å²) in [6, 6.07) is 21.6. The molecule has 2 atom stereocenters. The van der Waals surface area contributed by atoms with E-state index in [4.69, 9.17) is 4.74 Å². The SMILES string of the molecule is CCc1ccc(N(CC(=O)N(Cc2ccc(OC)cc2)[C@@H](CC)C(=O)N[C@@H](C)CC)S(=O)(=O)c2ccccc2)cc1. The quantitative estimate of drug-likeness (QED) is 0.284. The van der Waals surface area contributed by atoms with Gasteiger partial charge in [0.15, 0.2) is 0 Å². The van der Waals surface area contributed by atoms with Gasteiger partial charge in [-0.05, 0) is 73.7 Å². The van der Waals surface area contributed by atoms with Crippen LogP contribution < -0.4 is 14.4 Å². The Balaban J connectivity index is 2.04. The summed E-state index contributed by atoms with van der Waals surface area (Å²) < 4.78 is 34.2. The summed E-state index contributed by atoms with van der Waals surface area (Å²) in [5.41, 5.74) is 2.21. The Kier molecular flexibility index (Phi) is 11.3. The molecule has 0 heterocycles. The number of nitrogens with one attached hydrogen (secondary N) is 1. The first-order valence-corrected chi connectivity index (χ1v) is 15.5. The number of anilines is 1. The minimum atomic E-state index is -4.09. The van der Waals surface area contributed by atoms with E-state index in [2.05, 4.69) is 5.32 Å². The van der Waals surface area contributed by atoms with Gasteiger partial charge in [-0.15, -0.1) is 0 Å². The number of sulfonamides is 1. The molecule has 0 unspecified atom stereocenters. The standard InChI is InChI=1S/C32H41N3O5S/c1-6-24(4)33-32(37)30(8-3)34(22-26-16-20-28(40-5)21-17-26)31(36)23-35(27-18-14-25(7-2)15-19-27)41(38,39)29-12-10-9-11-13-29/h9-21,24,30H,6-8,22-23H2,1-5H3,(H,33,37)/t24-,30-/m0/s1. The smallest absolute Gasteiger partial charge is 0.264 e. The van der Waals surface area contributed by atoms with Crippen molar-refractivity contribution in [2.24, 2.45) is 0 Å². The third kappa shape index (κ3) is 8.10. The van der Waals surface area contributed by atoms with E-state index in [9.17, 15) is 18.0 Å². The van der Waals surface area contributed by atoms with E-state index in [0.29, 0.717) is 17.9 Å².